The summed E-state index contributed by atoms with van der Waals surface area (Å²) in [4.78, 5) is 12.7. The molecule has 2 aliphatic carbocycles. The number of fused-ring (bicyclic) bond motifs is 1. The molecule has 0 N–H and O–H groups in total. The second kappa shape index (κ2) is 5.88. The van der Waals surface area contributed by atoms with Gasteiger partial charge in [-0.1, -0.05) is 36.4 Å². The molecule has 1 unspecified atom stereocenters. The van der Waals surface area contributed by atoms with Crippen LogP contribution in [0.3, 0.4) is 0 Å². The Labute approximate surface area is 126 Å². The van der Waals surface area contributed by atoms with Crippen LogP contribution in [0.15, 0.2) is 53.8 Å². The van der Waals surface area contributed by atoms with Crippen LogP contribution in [0.25, 0.3) is 0 Å². The van der Waals surface area contributed by atoms with Gasteiger partial charge in [0.15, 0.2) is 0 Å². The minimum absolute atomic E-state index is 0.319. The van der Waals surface area contributed by atoms with Gasteiger partial charge in [0.1, 0.15) is 5.78 Å². The van der Waals surface area contributed by atoms with Crippen molar-refractivity contribution in [1.82, 2.24) is 0 Å². The van der Waals surface area contributed by atoms with Gasteiger partial charge in [0.25, 0.3) is 0 Å². The Morgan fingerprint density at radius 1 is 1.19 bits per heavy atom. The molecule has 2 heteroatoms. The first-order chi connectivity index (χ1) is 10.2. The fraction of sp³-hybridized carbons (Fsp3) is 0.421. The van der Waals surface area contributed by atoms with Gasteiger partial charge in [0.2, 0.25) is 0 Å². The third kappa shape index (κ3) is 2.67. The van der Waals surface area contributed by atoms with Gasteiger partial charge in [-0.15, -0.1) is 0 Å². The molecule has 0 radical (unpaired) electrons. The Hall–Kier alpha value is -1.83. The molecule has 1 atom stereocenters. The zero-order valence-corrected chi connectivity index (χ0v) is 12.6. The quantitative estimate of drug-likeness (QED) is 0.826. The lowest BCUT2D eigenvalue weighted by molar-refractivity contribution is -0.127. The normalized spacial score (nSPS) is 24.9. The number of benzene rings is 1. The lowest BCUT2D eigenvalue weighted by Gasteiger charge is -2.40. The molecule has 0 heterocycles. The summed E-state index contributed by atoms with van der Waals surface area (Å²) in [5, 5.41) is 0. The molecule has 0 fully saturated rings. The van der Waals surface area contributed by atoms with Crippen LogP contribution in [0, 0.1) is 5.41 Å². The molecule has 0 aromatic heterocycles. The Balaban J connectivity index is 1.95. The number of Topliss-reactive ketones (excluding diaryl/α,β-unsaturated/α-hetero) is 1. The maximum absolute atomic E-state index is 12.7. The molecule has 0 aliphatic heterocycles. The minimum Gasteiger partial charge on any atom is -0.498 e. The summed E-state index contributed by atoms with van der Waals surface area (Å²) in [5.41, 5.74) is 2.10. The molecule has 21 heavy (non-hydrogen) atoms. The molecule has 1 aromatic rings. The van der Waals surface area contributed by atoms with Crippen LogP contribution in [0.5, 0.6) is 0 Å². The summed E-state index contributed by atoms with van der Waals surface area (Å²) in [6, 6.07) is 10.4. The van der Waals surface area contributed by atoms with E-state index in [1.807, 2.05) is 25.1 Å². The van der Waals surface area contributed by atoms with Crippen LogP contribution >= 0.6 is 0 Å². The predicted molar refractivity (Wildman–Crippen MR) is 83.8 cm³/mol. The number of hydrogen-bond acceptors (Lipinski definition) is 2. The van der Waals surface area contributed by atoms with Crippen molar-refractivity contribution in [2.45, 2.75) is 39.0 Å². The van der Waals surface area contributed by atoms with E-state index in [4.69, 9.17) is 4.74 Å². The molecule has 2 nitrogen and oxygen atoms in total. The first-order valence-corrected chi connectivity index (χ1v) is 7.86. The van der Waals surface area contributed by atoms with E-state index in [2.05, 4.69) is 24.3 Å². The molecule has 3 rings (SSSR count). The van der Waals surface area contributed by atoms with Crippen LogP contribution in [0.1, 0.15) is 38.2 Å². The molecule has 0 spiro atoms. The van der Waals surface area contributed by atoms with Crippen molar-refractivity contribution in [3.63, 3.8) is 0 Å². The molecular weight excluding hydrogens is 260 g/mol. The summed E-state index contributed by atoms with van der Waals surface area (Å²) in [7, 11) is 0. The lowest BCUT2D eigenvalue weighted by Crippen LogP contribution is -2.39. The zero-order valence-electron chi connectivity index (χ0n) is 12.6. The summed E-state index contributed by atoms with van der Waals surface area (Å²) in [6.45, 7) is 2.70. The van der Waals surface area contributed by atoms with Gasteiger partial charge in [0, 0.05) is 12.8 Å². The number of carbonyl (C=O) groups excluding carboxylic acids is 1. The molecule has 110 valence electrons. The molecular formula is C19H22O2. The number of allylic oxidation sites excluding steroid dienone is 4. The van der Waals surface area contributed by atoms with Crippen molar-refractivity contribution in [3.05, 3.63) is 59.4 Å². The van der Waals surface area contributed by atoms with E-state index in [1.165, 1.54) is 11.1 Å². The predicted octanol–water partition coefficient (Wildman–Crippen LogP) is 4.22. The average Bonchev–Trinajstić information content (AvgIpc) is 2.50. The first kappa shape index (κ1) is 14.1. The fourth-order valence-electron chi connectivity index (χ4n) is 3.55. The van der Waals surface area contributed by atoms with Crippen LogP contribution < -0.4 is 0 Å². The van der Waals surface area contributed by atoms with Crippen molar-refractivity contribution >= 4 is 5.78 Å². The maximum atomic E-state index is 12.7. The highest BCUT2D eigenvalue weighted by atomic mass is 16.5. The van der Waals surface area contributed by atoms with Crippen LogP contribution in [0.2, 0.25) is 0 Å². The largest absolute Gasteiger partial charge is 0.498 e. The van der Waals surface area contributed by atoms with Crippen molar-refractivity contribution in [3.8, 4) is 0 Å². The zero-order chi connectivity index (χ0) is 14.7. The van der Waals surface area contributed by atoms with E-state index in [9.17, 15) is 4.79 Å². The standard InChI is InChI=1S/C19H22O2/c1-2-21-17-11-12-19(14-15-7-4-3-5-8-15)16(13-17)9-6-10-18(19)20/h3-5,7-9,13H,2,6,10-12,14H2,1H3. The van der Waals surface area contributed by atoms with Crippen molar-refractivity contribution in [1.29, 1.82) is 0 Å². The number of carbonyl (C=O) groups is 1. The number of rotatable bonds is 4. The van der Waals surface area contributed by atoms with Crippen molar-refractivity contribution in [2.75, 3.05) is 6.61 Å². The highest BCUT2D eigenvalue weighted by Gasteiger charge is 2.44. The Bertz CT molecular complexity index is 583. The second-order valence-electron chi connectivity index (χ2n) is 5.91. The van der Waals surface area contributed by atoms with Crippen molar-refractivity contribution in [2.24, 2.45) is 5.41 Å². The van der Waals surface area contributed by atoms with Gasteiger partial charge in [-0.05, 0) is 43.4 Å². The summed E-state index contributed by atoms with van der Waals surface area (Å²) >= 11 is 0. The van der Waals surface area contributed by atoms with E-state index < -0.39 is 0 Å². The van der Waals surface area contributed by atoms with E-state index in [1.54, 1.807) is 0 Å². The Morgan fingerprint density at radius 3 is 2.76 bits per heavy atom. The lowest BCUT2D eigenvalue weighted by atomic mass is 9.63. The van der Waals surface area contributed by atoms with E-state index in [0.717, 1.165) is 31.4 Å². The van der Waals surface area contributed by atoms with Crippen molar-refractivity contribution < 1.29 is 9.53 Å². The number of ketones is 1. The monoisotopic (exact) mass is 282 g/mol. The SMILES string of the molecule is CCOC1=CC2=CCCC(=O)C2(Cc2ccccc2)CC1. The Kier molecular flexibility index (Phi) is 3.96. The first-order valence-electron chi connectivity index (χ1n) is 7.86. The fourth-order valence-corrected chi connectivity index (χ4v) is 3.55. The third-order valence-corrected chi connectivity index (χ3v) is 4.62. The number of hydrogen-bond donors (Lipinski definition) is 0. The van der Waals surface area contributed by atoms with Gasteiger partial charge < -0.3 is 4.74 Å². The van der Waals surface area contributed by atoms with Gasteiger partial charge in [-0.2, -0.15) is 0 Å². The summed E-state index contributed by atoms with van der Waals surface area (Å²) in [5.74, 6) is 1.43. The molecule has 0 saturated carbocycles. The number of ether oxygens (including phenoxy) is 1. The van der Waals surface area contributed by atoms with Gasteiger partial charge in [0.05, 0.1) is 17.8 Å². The topological polar surface area (TPSA) is 26.3 Å². The second-order valence-corrected chi connectivity index (χ2v) is 5.91. The van der Waals surface area contributed by atoms with Crippen LogP contribution in [-0.2, 0) is 16.0 Å². The highest BCUT2D eigenvalue weighted by Crippen LogP contribution is 2.46. The highest BCUT2D eigenvalue weighted by molar-refractivity contribution is 5.90. The third-order valence-electron chi connectivity index (χ3n) is 4.62. The molecule has 1 aromatic carbocycles. The molecule has 0 bridgehead atoms. The maximum Gasteiger partial charge on any atom is 0.144 e. The van der Waals surface area contributed by atoms with E-state index in [0.29, 0.717) is 18.8 Å². The summed E-state index contributed by atoms with van der Waals surface area (Å²) in [6.07, 6.45) is 8.45. The average molecular weight is 282 g/mol. The van der Waals surface area contributed by atoms with Crippen LogP contribution in [-0.4, -0.2) is 12.4 Å². The van der Waals surface area contributed by atoms with Gasteiger partial charge in [-0.25, -0.2) is 0 Å². The van der Waals surface area contributed by atoms with E-state index >= 15 is 0 Å². The van der Waals surface area contributed by atoms with E-state index in [-0.39, 0.29) is 5.41 Å². The van der Waals surface area contributed by atoms with Gasteiger partial charge in [-0.3, -0.25) is 4.79 Å². The molecule has 0 amide bonds. The minimum atomic E-state index is -0.319. The Morgan fingerprint density at radius 2 is 2.00 bits per heavy atom. The summed E-state index contributed by atoms with van der Waals surface area (Å²) < 4.78 is 5.67. The smallest absolute Gasteiger partial charge is 0.144 e. The molecule has 0 saturated heterocycles. The van der Waals surface area contributed by atoms with Gasteiger partial charge >= 0.3 is 0 Å². The van der Waals surface area contributed by atoms with Crippen LogP contribution in [0.4, 0.5) is 0 Å². The molecule has 2 aliphatic rings.